The number of halogens is 1. The number of piperidine rings is 2. The standard InChI is InChI=1S/C25H23N7O2.C17H19BrN4O.C14H16BN3O3/c1-34-24-5-2-16(9-28-24)12-31-19-6-20(31)14-30(13-19)23-4-3-17(10-27-23)22-7-21(33)15-32-25(22)18(8-26)11-29-32;1-23-17-5-2-12(7-20-17)9-22-14-6-15(22)11-21(10-14)16-4-3-13(18)8-19-16;1-13(2)14(3,4)21-15(20-13)11-5-10(19)8-18-12(11)9(6-16)7-17-18/h2-5,7,9-11,15,19-20,33H,6,12-14H2,1H3;2-5,7-8,14-15H,6,9-11H2,1H3;5,7-8,19H,1-4H3/i12D2;9D2;. The second-order valence-electron chi connectivity index (χ2n) is 20.6. The first-order valence-electron chi connectivity index (χ1n) is 27.3. The maximum absolute atomic E-state index is 10.1. The molecule has 2 N–H and O–H groups in total. The maximum Gasteiger partial charge on any atom is 0.497 e. The van der Waals surface area contributed by atoms with Crippen molar-refractivity contribution >= 4 is 51.2 Å². The molecule has 0 radical (unpaired) electrons. The average Bonchev–Trinajstić information content (AvgIpc) is 2.11. The van der Waals surface area contributed by atoms with Gasteiger partial charge in [-0.2, -0.15) is 20.7 Å². The van der Waals surface area contributed by atoms with Crippen LogP contribution in [0.25, 0.3) is 22.2 Å². The second kappa shape index (κ2) is 21.2. The Balaban J connectivity index is 0.000000135. The van der Waals surface area contributed by atoms with E-state index in [-0.39, 0.29) is 35.7 Å². The molecule has 4 atom stereocenters. The summed E-state index contributed by atoms with van der Waals surface area (Å²) in [4.78, 5) is 25.8. The fourth-order valence-electron chi connectivity index (χ4n) is 10.5. The summed E-state index contributed by atoms with van der Waals surface area (Å²) < 4.78 is 60.9. The minimum Gasteiger partial charge on any atom is -0.506 e. The van der Waals surface area contributed by atoms with Crippen molar-refractivity contribution in [1.82, 2.24) is 49.0 Å². The van der Waals surface area contributed by atoms with Crippen LogP contribution >= 0.6 is 15.9 Å². The number of pyridine rings is 6. The summed E-state index contributed by atoms with van der Waals surface area (Å²) in [7, 11) is 2.44. The molecule has 7 aliphatic rings. The lowest BCUT2D eigenvalue weighted by Crippen LogP contribution is -2.68. The third-order valence-electron chi connectivity index (χ3n) is 15.2. The van der Waals surface area contributed by atoms with Crippen molar-refractivity contribution in [2.75, 3.05) is 50.2 Å². The van der Waals surface area contributed by atoms with Crippen molar-refractivity contribution < 1.29 is 34.5 Å². The van der Waals surface area contributed by atoms with E-state index in [0.29, 0.717) is 69.2 Å². The molecule has 0 spiro atoms. The number of ether oxygens (including phenoxy) is 2. The van der Waals surface area contributed by atoms with E-state index in [0.717, 1.165) is 47.6 Å². The summed E-state index contributed by atoms with van der Waals surface area (Å²) in [6.07, 6.45) is 14.5. The van der Waals surface area contributed by atoms with Gasteiger partial charge in [0, 0.05) is 127 Å². The van der Waals surface area contributed by atoms with E-state index in [1.54, 1.807) is 68.3 Å². The van der Waals surface area contributed by atoms with E-state index in [4.69, 9.17) is 24.3 Å². The van der Waals surface area contributed by atoms with E-state index in [2.05, 4.69) is 68.0 Å². The monoisotopic (exact) mass is 1120 g/mol. The van der Waals surface area contributed by atoms with Gasteiger partial charge in [-0.1, -0.05) is 12.1 Å². The van der Waals surface area contributed by atoms with Crippen LogP contribution in [0.3, 0.4) is 0 Å². The molecule has 20 nitrogen and oxygen atoms in total. The number of methoxy groups -OCH3 is 2. The number of nitrogens with zero attached hydrogens (tertiary/aromatic N) is 14. The Morgan fingerprint density at radius 1 is 0.654 bits per heavy atom. The molecule has 7 aliphatic heterocycles. The largest absolute Gasteiger partial charge is 0.506 e. The molecule has 22 heteroatoms. The predicted molar refractivity (Wildman–Crippen MR) is 296 cm³/mol. The molecule has 4 bridgehead atoms. The van der Waals surface area contributed by atoms with Crippen molar-refractivity contribution in [3.8, 4) is 46.5 Å². The summed E-state index contributed by atoms with van der Waals surface area (Å²) in [5.41, 5.74) is 4.19. The number of piperazine rings is 2. The number of fused-ring (bicyclic) bond motifs is 6. The Kier molecular flexibility index (Phi) is 12.9. The van der Waals surface area contributed by atoms with Crippen LogP contribution in [0.15, 0.2) is 115 Å². The van der Waals surface area contributed by atoms with Crippen LogP contribution in [0.1, 0.15) is 68.3 Å². The van der Waals surface area contributed by atoms with Crippen molar-refractivity contribution in [3.63, 3.8) is 0 Å². The smallest absolute Gasteiger partial charge is 0.497 e. The maximum atomic E-state index is 10.1. The SMILES string of the molecule is CC1(C)OB(c2cc(O)cn3ncc(C#N)c23)OC1(C)C.[2H]C([2H])(c1ccc(OC)nc1)N1C2CC1CN(c1ccc(-c3cc(O)cn4ncc(C#N)c34)cn1)C2.[2H]C([2H])(c1ccc(OC)nc1)N1C2CC1CN(c1ccc(Br)cn1)C2. The molecule has 0 saturated carbocycles. The highest BCUT2D eigenvalue weighted by Gasteiger charge is 2.53. The zero-order valence-electron chi connectivity index (χ0n) is 47.7. The van der Waals surface area contributed by atoms with Crippen molar-refractivity contribution in [2.45, 2.75) is 88.9 Å². The molecule has 8 aromatic heterocycles. The van der Waals surface area contributed by atoms with Gasteiger partial charge in [0.15, 0.2) is 0 Å². The number of anilines is 2. The predicted octanol–water partition coefficient (Wildman–Crippen LogP) is 6.76. The Morgan fingerprint density at radius 2 is 1.14 bits per heavy atom. The highest BCUT2D eigenvalue weighted by atomic mass is 79.9. The molecule has 78 heavy (non-hydrogen) atoms. The van der Waals surface area contributed by atoms with Crippen LogP contribution in [0, 0.1) is 22.7 Å². The first kappa shape index (κ1) is 47.4. The molecular formula is C56H58BBrN14O6. The molecule has 398 valence electrons. The van der Waals surface area contributed by atoms with Crippen LogP contribution in [-0.4, -0.2) is 142 Å². The van der Waals surface area contributed by atoms with E-state index >= 15 is 0 Å². The van der Waals surface area contributed by atoms with Gasteiger partial charge in [-0.25, -0.2) is 29.0 Å². The zero-order valence-corrected chi connectivity index (χ0v) is 45.3. The lowest BCUT2D eigenvalue weighted by molar-refractivity contribution is -0.00879. The molecule has 0 aromatic carbocycles. The molecule has 0 aliphatic carbocycles. The summed E-state index contributed by atoms with van der Waals surface area (Å²) in [5, 5.41) is 46.9. The van der Waals surface area contributed by atoms with Gasteiger partial charge in [0.05, 0.1) is 72.4 Å². The topological polar surface area (TPSA) is 224 Å². The van der Waals surface area contributed by atoms with Crippen LogP contribution in [0.5, 0.6) is 23.3 Å². The van der Waals surface area contributed by atoms with Gasteiger partial charge < -0.3 is 38.8 Å². The Labute approximate surface area is 465 Å². The zero-order chi connectivity index (χ0) is 58.0. The van der Waals surface area contributed by atoms with E-state index < -0.39 is 31.3 Å². The number of hydrogen-bond acceptors (Lipinski definition) is 18. The second-order valence-corrected chi connectivity index (χ2v) is 21.5. The van der Waals surface area contributed by atoms with Crippen molar-refractivity contribution in [3.05, 3.63) is 137 Å². The lowest BCUT2D eigenvalue weighted by Gasteiger charge is -2.56. The summed E-state index contributed by atoms with van der Waals surface area (Å²) in [6, 6.07) is 22.6. The van der Waals surface area contributed by atoms with Crippen molar-refractivity contribution in [1.29, 1.82) is 10.5 Å². The molecule has 15 rings (SSSR count). The number of rotatable bonds is 10. The first-order chi connectivity index (χ1) is 39.1. The number of aromatic nitrogens is 8. The first-order valence-corrected chi connectivity index (χ1v) is 26.1. The quantitative estimate of drug-likeness (QED) is 0.135. The molecule has 7 saturated heterocycles. The summed E-state index contributed by atoms with van der Waals surface area (Å²) in [6.45, 7) is 7.56. The molecular weight excluding hydrogens is 1060 g/mol. The minimum atomic E-state index is -1.62. The Hall–Kier alpha value is -7.86. The van der Waals surface area contributed by atoms with Crippen LogP contribution in [0.4, 0.5) is 11.6 Å². The molecule has 15 heterocycles. The summed E-state index contributed by atoms with van der Waals surface area (Å²) >= 11 is 3.41. The Bertz CT molecular complexity index is 3710. The minimum absolute atomic E-state index is 0.0415. The van der Waals surface area contributed by atoms with Crippen LogP contribution in [-0.2, 0) is 22.3 Å². The normalized spacial score (nSPS) is 21.9. The number of aromatic hydroxyl groups is 2. The molecule has 4 unspecified atom stereocenters. The van der Waals surface area contributed by atoms with Gasteiger partial charge in [-0.15, -0.1) is 0 Å². The van der Waals surface area contributed by atoms with E-state index in [9.17, 15) is 20.7 Å². The molecule has 8 aromatic rings. The summed E-state index contributed by atoms with van der Waals surface area (Å²) in [5.74, 6) is 2.80. The fraction of sp³-hybridized carbons (Fsp3) is 0.357. The number of hydrogen-bond donors (Lipinski definition) is 2. The highest BCUT2D eigenvalue weighted by Crippen LogP contribution is 2.39. The van der Waals surface area contributed by atoms with Gasteiger partial charge in [0.1, 0.15) is 35.3 Å². The molecule has 0 amide bonds. The van der Waals surface area contributed by atoms with Gasteiger partial charge in [0.2, 0.25) is 11.8 Å². The third kappa shape index (κ3) is 10.2. The van der Waals surface area contributed by atoms with Crippen LogP contribution in [0.2, 0.25) is 0 Å². The number of nitriles is 2. The van der Waals surface area contributed by atoms with E-state index in [1.165, 1.54) is 40.9 Å². The highest BCUT2D eigenvalue weighted by molar-refractivity contribution is 9.10. The van der Waals surface area contributed by atoms with E-state index in [1.807, 2.05) is 61.8 Å². The van der Waals surface area contributed by atoms with Crippen molar-refractivity contribution in [2.24, 2.45) is 0 Å². The third-order valence-corrected chi connectivity index (χ3v) is 15.7. The lowest BCUT2D eigenvalue weighted by atomic mass is 9.78. The Morgan fingerprint density at radius 3 is 1.59 bits per heavy atom. The fourth-order valence-corrected chi connectivity index (χ4v) is 10.7. The van der Waals surface area contributed by atoms with Gasteiger partial charge in [0.25, 0.3) is 0 Å². The van der Waals surface area contributed by atoms with Crippen LogP contribution < -0.4 is 24.7 Å². The average molecular weight is 1120 g/mol. The van der Waals surface area contributed by atoms with Gasteiger partial charge >= 0.3 is 7.12 Å². The molecule has 7 fully saturated rings. The van der Waals surface area contributed by atoms with Gasteiger partial charge in [-0.3, -0.25) is 9.80 Å². The van der Waals surface area contributed by atoms with Gasteiger partial charge in [-0.05, 0) is 104 Å².